The van der Waals surface area contributed by atoms with Crippen molar-refractivity contribution in [3.63, 3.8) is 0 Å². The van der Waals surface area contributed by atoms with Gasteiger partial charge in [-0.25, -0.2) is 0 Å². The fraction of sp³-hybridized carbons (Fsp3) is 0.636. The summed E-state index contributed by atoms with van der Waals surface area (Å²) in [4.78, 5) is 11.0. The molecule has 5 nitrogen and oxygen atoms in total. The topological polar surface area (TPSA) is 67.2 Å². The van der Waals surface area contributed by atoms with Crippen molar-refractivity contribution in [2.75, 3.05) is 0 Å². The molecular weight excluding hydrogens is 206 g/mol. The fourth-order valence-corrected chi connectivity index (χ4v) is 1.48. The number of nitrogens with zero attached hydrogens (tertiary/aromatic N) is 2. The number of carboxylic acid groups (broad SMARTS) is 1. The molecule has 0 bridgehead atoms. The molecule has 0 saturated carbocycles. The van der Waals surface area contributed by atoms with Gasteiger partial charge in [0.25, 0.3) is 0 Å². The lowest BCUT2D eigenvalue weighted by atomic mass is 10.2. The van der Waals surface area contributed by atoms with Crippen LogP contribution in [-0.2, 0) is 17.8 Å². The van der Waals surface area contributed by atoms with Gasteiger partial charge in [-0.1, -0.05) is 20.8 Å². The monoisotopic (exact) mass is 225 g/mol. The van der Waals surface area contributed by atoms with Crippen LogP contribution in [0.25, 0.3) is 0 Å². The average Bonchev–Trinajstić information content (AvgIpc) is 2.63. The lowest BCUT2D eigenvalue weighted by Crippen LogP contribution is -2.43. The Morgan fingerprint density at radius 3 is 2.75 bits per heavy atom. The first-order valence-electron chi connectivity index (χ1n) is 5.53. The van der Waals surface area contributed by atoms with Crippen LogP contribution in [0.4, 0.5) is 0 Å². The summed E-state index contributed by atoms with van der Waals surface area (Å²) in [5, 5.41) is 16.2. The minimum atomic E-state index is -0.845. The van der Waals surface area contributed by atoms with E-state index in [-0.39, 0.29) is 6.04 Å². The van der Waals surface area contributed by atoms with E-state index in [9.17, 15) is 4.79 Å². The minimum Gasteiger partial charge on any atom is -0.480 e. The van der Waals surface area contributed by atoms with Crippen LogP contribution in [0, 0.1) is 0 Å². The molecule has 0 fully saturated rings. The van der Waals surface area contributed by atoms with Gasteiger partial charge in [0.2, 0.25) is 0 Å². The number of aryl methyl sites for hydroxylation is 1. The zero-order valence-corrected chi connectivity index (χ0v) is 9.97. The Hall–Kier alpha value is -1.36. The lowest BCUT2D eigenvalue weighted by Gasteiger charge is -2.17. The molecule has 0 spiro atoms. The molecule has 1 rings (SSSR count). The van der Waals surface area contributed by atoms with Crippen molar-refractivity contribution in [3.05, 3.63) is 18.0 Å². The number of aromatic nitrogens is 2. The van der Waals surface area contributed by atoms with Crippen LogP contribution in [0.1, 0.15) is 26.3 Å². The summed E-state index contributed by atoms with van der Waals surface area (Å²) in [7, 11) is 0. The van der Waals surface area contributed by atoms with E-state index >= 15 is 0 Å². The van der Waals surface area contributed by atoms with E-state index in [4.69, 9.17) is 5.11 Å². The van der Waals surface area contributed by atoms with E-state index in [1.165, 1.54) is 0 Å². The Balaban J connectivity index is 2.64. The van der Waals surface area contributed by atoms with Crippen LogP contribution in [-0.4, -0.2) is 32.9 Å². The smallest absolute Gasteiger partial charge is 0.322 e. The molecule has 0 aliphatic heterocycles. The fourth-order valence-electron chi connectivity index (χ4n) is 1.48. The summed E-state index contributed by atoms with van der Waals surface area (Å²) in [6, 6.07) is -0.452. The van der Waals surface area contributed by atoms with E-state index in [0.29, 0.717) is 6.54 Å². The van der Waals surface area contributed by atoms with Crippen LogP contribution in [0.3, 0.4) is 0 Å². The SMILES string of the molecule is CCc1cnn(CC(NC(C)C)C(=O)O)c1. The summed E-state index contributed by atoms with van der Waals surface area (Å²) >= 11 is 0. The van der Waals surface area contributed by atoms with Gasteiger partial charge < -0.3 is 10.4 Å². The molecule has 0 radical (unpaired) electrons. The van der Waals surface area contributed by atoms with Crippen LogP contribution in [0.2, 0.25) is 0 Å². The molecule has 0 aliphatic carbocycles. The van der Waals surface area contributed by atoms with E-state index in [2.05, 4.69) is 10.4 Å². The standard InChI is InChI=1S/C11H19N3O2/c1-4-9-5-12-14(6-9)7-10(11(15)16)13-8(2)3/h5-6,8,10,13H,4,7H2,1-3H3,(H,15,16). The summed E-state index contributed by atoms with van der Waals surface area (Å²) in [5.41, 5.74) is 1.12. The number of aliphatic carboxylic acids is 1. The number of hydrogen-bond acceptors (Lipinski definition) is 3. The minimum absolute atomic E-state index is 0.141. The third-order valence-corrected chi connectivity index (χ3v) is 2.30. The molecule has 1 unspecified atom stereocenters. The van der Waals surface area contributed by atoms with Gasteiger partial charge in [-0.3, -0.25) is 9.48 Å². The first kappa shape index (κ1) is 12.7. The zero-order valence-electron chi connectivity index (χ0n) is 9.97. The Bertz CT molecular complexity index is 347. The van der Waals surface area contributed by atoms with E-state index in [0.717, 1.165) is 12.0 Å². The molecule has 1 aromatic rings. The van der Waals surface area contributed by atoms with Gasteiger partial charge in [-0.15, -0.1) is 0 Å². The lowest BCUT2D eigenvalue weighted by molar-refractivity contribution is -0.140. The van der Waals surface area contributed by atoms with E-state index in [1.54, 1.807) is 10.9 Å². The molecule has 1 atom stereocenters. The van der Waals surface area contributed by atoms with E-state index < -0.39 is 12.0 Å². The quantitative estimate of drug-likeness (QED) is 0.754. The second-order valence-corrected chi connectivity index (χ2v) is 4.14. The Kier molecular flexibility index (Phi) is 4.49. The second-order valence-electron chi connectivity index (χ2n) is 4.14. The maximum Gasteiger partial charge on any atom is 0.322 e. The highest BCUT2D eigenvalue weighted by atomic mass is 16.4. The highest BCUT2D eigenvalue weighted by Crippen LogP contribution is 2.00. The molecule has 90 valence electrons. The molecular formula is C11H19N3O2. The predicted molar refractivity (Wildman–Crippen MR) is 61.3 cm³/mol. The molecule has 5 heteroatoms. The summed E-state index contributed by atoms with van der Waals surface area (Å²) in [5.74, 6) is -0.845. The van der Waals surface area contributed by atoms with Gasteiger partial charge in [-0.2, -0.15) is 5.10 Å². The largest absolute Gasteiger partial charge is 0.480 e. The van der Waals surface area contributed by atoms with Gasteiger partial charge in [0.15, 0.2) is 0 Å². The average molecular weight is 225 g/mol. The molecule has 1 heterocycles. The Morgan fingerprint density at radius 1 is 1.62 bits per heavy atom. The zero-order chi connectivity index (χ0) is 12.1. The number of rotatable bonds is 6. The summed E-state index contributed by atoms with van der Waals surface area (Å²) in [6.07, 6.45) is 4.57. The number of carbonyl (C=O) groups is 1. The van der Waals surface area contributed by atoms with Crippen molar-refractivity contribution in [3.8, 4) is 0 Å². The van der Waals surface area contributed by atoms with E-state index in [1.807, 2.05) is 27.0 Å². The maximum atomic E-state index is 11.0. The third kappa shape index (κ3) is 3.66. The Morgan fingerprint density at radius 2 is 2.31 bits per heavy atom. The summed E-state index contributed by atoms with van der Waals surface area (Å²) in [6.45, 7) is 6.25. The molecule has 16 heavy (non-hydrogen) atoms. The van der Waals surface area contributed by atoms with Crippen LogP contribution >= 0.6 is 0 Å². The van der Waals surface area contributed by atoms with Gasteiger partial charge in [0, 0.05) is 12.2 Å². The van der Waals surface area contributed by atoms with Crippen molar-refractivity contribution in [2.24, 2.45) is 0 Å². The molecule has 1 aromatic heterocycles. The van der Waals surface area contributed by atoms with Crippen LogP contribution in [0.5, 0.6) is 0 Å². The molecule has 0 saturated heterocycles. The van der Waals surface area contributed by atoms with Crippen molar-refractivity contribution in [1.29, 1.82) is 0 Å². The normalized spacial score (nSPS) is 13.0. The highest BCUT2D eigenvalue weighted by molar-refractivity contribution is 5.73. The third-order valence-electron chi connectivity index (χ3n) is 2.30. The molecule has 0 aliphatic rings. The first-order chi connectivity index (χ1) is 7.52. The van der Waals surface area contributed by atoms with Crippen LogP contribution in [0.15, 0.2) is 12.4 Å². The van der Waals surface area contributed by atoms with Crippen molar-refractivity contribution >= 4 is 5.97 Å². The predicted octanol–water partition coefficient (Wildman–Crippen LogP) is 0.897. The van der Waals surface area contributed by atoms with Gasteiger partial charge >= 0.3 is 5.97 Å². The van der Waals surface area contributed by atoms with Gasteiger partial charge in [0.05, 0.1) is 12.7 Å². The second kappa shape index (κ2) is 5.65. The van der Waals surface area contributed by atoms with Crippen molar-refractivity contribution < 1.29 is 9.90 Å². The number of nitrogens with one attached hydrogen (secondary N) is 1. The molecule has 0 aromatic carbocycles. The first-order valence-corrected chi connectivity index (χ1v) is 5.53. The molecule has 0 amide bonds. The number of hydrogen-bond donors (Lipinski definition) is 2. The highest BCUT2D eigenvalue weighted by Gasteiger charge is 2.18. The van der Waals surface area contributed by atoms with Crippen molar-refractivity contribution in [1.82, 2.24) is 15.1 Å². The van der Waals surface area contributed by atoms with Crippen LogP contribution < -0.4 is 5.32 Å². The summed E-state index contributed by atoms with van der Waals surface area (Å²) < 4.78 is 1.67. The Labute approximate surface area is 95.5 Å². The molecule has 2 N–H and O–H groups in total. The van der Waals surface area contributed by atoms with Crippen molar-refractivity contribution in [2.45, 2.75) is 45.8 Å². The number of carboxylic acids is 1. The van der Waals surface area contributed by atoms with Gasteiger partial charge in [0.1, 0.15) is 6.04 Å². The maximum absolute atomic E-state index is 11.0. The van der Waals surface area contributed by atoms with Gasteiger partial charge in [-0.05, 0) is 12.0 Å².